The van der Waals surface area contributed by atoms with Crippen LogP contribution in [0.25, 0.3) is 0 Å². The maximum absolute atomic E-state index is 11.6. The van der Waals surface area contributed by atoms with Crippen LogP contribution in [-0.4, -0.2) is 12.6 Å². The molecule has 5 nitrogen and oxygen atoms in total. The molecule has 102 valence electrons. The molecule has 1 aromatic carbocycles. The fraction of sp³-hybridized carbons (Fsp3) is 0.429. The Morgan fingerprint density at radius 2 is 2.16 bits per heavy atom. The van der Waals surface area contributed by atoms with Gasteiger partial charge in [0, 0.05) is 6.54 Å². The molecule has 5 heteroatoms. The van der Waals surface area contributed by atoms with Crippen molar-refractivity contribution in [3.63, 3.8) is 0 Å². The van der Waals surface area contributed by atoms with Gasteiger partial charge in [-0.05, 0) is 24.6 Å². The number of nitriles is 1. The van der Waals surface area contributed by atoms with Gasteiger partial charge in [-0.1, -0.05) is 26.2 Å². The number of unbranched alkanes of at least 4 members (excludes halogenated alkanes) is 3. The Morgan fingerprint density at radius 3 is 2.84 bits per heavy atom. The standard InChI is InChI=1S/C14H20N4O/c1-2-3-4-5-8-17-14(19)18-13-9-11(10-15)6-7-12(13)16/h6-7,9H,2-5,8,16H2,1H3,(H2,17,18,19). The van der Waals surface area contributed by atoms with Crippen molar-refractivity contribution < 1.29 is 4.79 Å². The zero-order valence-corrected chi connectivity index (χ0v) is 11.2. The van der Waals surface area contributed by atoms with Gasteiger partial charge < -0.3 is 16.4 Å². The Bertz CT molecular complexity index is 465. The van der Waals surface area contributed by atoms with Gasteiger partial charge in [0.2, 0.25) is 0 Å². The lowest BCUT2D eigenvalue weighted by Gasteiger charge is -2.09. The van der Waals surface area contributed by atoms with Crippen LogP contribution in [0.1, 0.15) is 38.2 Å². The molecule has 0 aromatic heterocycles. The van der Waals surface area contributed by atoms with Crippen molar-refractivity contribution in [3.05, 3.63) is 23.8 Å². The van der Waals surface area contributed by atoms with E-state index in [9.17, 15) is 4.79 Å². The lowest BCUT2D eigenvalue weighted by atomic mass is 10.2. The molecule has 4 N–H and O–H groups in total. The summed E-state index contributed by atoms with van der Waals surface area (Å²) in [4.78, 5) is 11.6. The van der Waals surface area contributed by atoms with E-state index in [1.807, 2.05) is 6.07 Å². The second-order valence-electron chi connectivity index (χ2n) is 4.36. The number of nitrogens with zero attached hydrogens (tertiary/aromatic N) is 1. The van der Waals surface area contributed by atoms with E-state index in [0.29, 0.717) is 23.5 Å². The van der Waals surface area contributed by atoms with Crippen LogP contribution in [0, 0.1) is 11.3 Å². The van der Waals surface area contributed by atoms with Gasteiger partial charge in [0.15, 0.2) is 0 Å². The Balaban J connectivity index is 2.42. The Morgan fingerprint density at radius 1 is 1.37 bits per heavy atom. The Kier molecular flexibility index (Phi) is 6.23. The minimum absolute atomic E-state index is 0.293. The highest BCUT2D eigenvalue weighted by Crippen LogP contribution is 2.19. The van der Waals surface area contributed by atoms with Crippen LogP contribution in [-0.2, 0) is 0 Å². The molecular weight excluding hydrogens is 240 g/mol. The summed E-state index contributed by atoms with van der Waals surface area (Å²) in [5.41, 5.74) is 7.11. The average Bonchev–Trinajstić information content (AvgIpc) is 2.41. The van der Waals surface area contributed by atoms with Crippen LogP contribution >= 0.6 is 0 Å². The van der Waals surface area contributed by atoms with Crippen LogP contribution in [0.5, 0.6) is 0 Å². The summed E-state index contributed by atoms with van der Waals surface area (Å²) in [5, 5.41) is 14.2. The highest BCUT2D eigenvalue weighted by Gasteiger charge is 2.05. The van der Waals surface area contributed by atoms with E-state index in [-0.39, 0.29) is 6.03 Å². The Labute approximate surface area is 113 Å². The minimum atomic E-state index is -0.293. The highest BCUT2D eigenvalue weighted by molar-refractivity contribution is 5.92. The number of nitrogen functional groups attached to an aromatic ring is 1. The average molecular weight is 260 g/mol. The first-order chi connectivity index (χ1) is 9.17. The number of amides is 2. The lowest BCUT2D eigenvalue weighted by molar-refractivity contribution is 0.252. The van der Waals surface area contributed by atoms with Gasteiger partial charge in [0.25, 0.3) is 0 Å². The monoisotopic (exact) mass is 260 g/mol. The zero-order chi connectivity index (χ0) is 14.1. The second-order valence-corrected chi connectivity index (χ2v) is 4.36. The molecule has 0 fully saturated rings. The van der Waals surface area contributed by atoms with Gasteiger partial charge in [0.1, 0.15) is 0 Å². The van der Waals surface area contributed by atoms with Gasteiger partial charge in [-0.25, -0.2) is 4.79 Å². The number of urea groups is 1. The van der Waals surface area contributed by atoms with Gasteiger partial charge >= 0.3 is 6.03 Å². The third kappa shape index (κ3) is 5.30. The molecule has 1 rings (SSSR count). The molecule has 2 amide bonds. The van der Waals surface area contributed by atoms with Gasteiger partial charge in [-0.3, -0.25) is 0 Å². The summed E-state index contributed by atoms with van der Waals surface area (Å²) in [5.74, 6) is 0. The predicted molar refractivity (Wildman–Crippen MR) is 76.7 cm³/mol. The largest absolute Gasteiger partial charge is 0.397 e. The normalized spacial score (nSPS) is 9.68. The number of hydrogen-bond donors (Lipinski definition) is 3. The molecule has 0 aliphatic carbocycles. The SMILES string of the molecule is CCCCCCNC(=O)Nc1cc(C#N)ccc1N. The zero-order valence-electron chi connectivity index (χ0n) is 11.2. The van der Waals surface area contributed by atoms with Crippen molar-refractivity contribution in [1.29, 1.82) is 5.26 Å². The fourth-order valence-electron chi connectivity index (χ4n) is 1.65. The van der Waals surface area contributed by atoms with Crippen molar-refractivity contribution in [2.75, 3.05) is 17.6 Å². The van der Waals surface area contributed by atoms with Crippen molar-refractivity contribution in [1.82, 2.24) is 5.32 Å². The molecule has 1 aromatic rings. The first-order valence-corrected chi connectivity index (χ1v) is 6.52. The van der Waals surface area contributed by atoms with Crippen molar-refractivity contribution in [2.45, 2.75) is 32.6 Å². The van der Waals surface area contributed by atoms with E-state index in [1.165, 1.54) is 12.8 Å². The molecule has 0 atom stereocenters. The van der Waals surface area contributed by atoms with E-state index in [4.69, 9.17) is 11.0 Å². The maximum atomic E-state index is 11.6. The summed E-state index contributed by atoms with van der Waals surface area (Å²) in [6.45, 7) is 2.79. The number of nitrogens with one attached hydrogen (secondary N) is 2. The van der Waals surface area contributed by atoms with Crippen LogP contribution in [0.3, 0.4) is 0 Å². The van der Waals surface area contributed by atoms with Crippen LogP contribution < -0.4 is 16.4 Å². The number of benzene rings is 1. The van der Waals surface area contributed by atoms with Crippen molar-refractivity contribution in [2.24, 2.45) is 0 Å². The first kappa shape index (κ1) is 14.8. The molecule has 0 spiro atoms. The van der Waals surface area contributed by atoms with Gasteiger partial charge in [-0.15, -0.1) is 0 Å². The van der Waals surface area contributed by atoms with Gasteiger partial charge in [-0.2, -0.15) is 5.26 Å². The molecule has 0 unspecified atom stereocenters. The summed E-state index contributed by atoms with van der Waals surface area (Å²) >= 11 is 0. The number of hydrogen-bond acceptors (Lipinski definition) is 3. The third-order valence-electron chi connectivity index (χ3n) is 2.75. The van der Waals surface area contributed by atoms with Crippen LogP contribution in [0.15, 0.2) is 18.2 Å². The lowest BCUT2D eigenvalue weighted by Crippen LogP contribution is -2.29. The summed E-state index contributed by atoms with van der Waals surface area (Å²) in [6.07, 6.45) is 4.43. The molecule has 0 saturated heterocycles. The molecule has 0 aliphatic rings. The molecule has 0 heterocycles. The summed E-state index contributed by atoms with van der Waals surface area (Å²) in [7, 11) is 0. The third-order valence-corrected chi connectivity index (χ3v) is 2.75. The molecule has 19 heavy (non-hydrogen) atoms. The van der Waals surface area contributed by atoms with Crippen LogP contribution in [0.4, 0.5) is 16.2 Å². The van der Waals surface area contributed by atoms with E-state index >= 15 is 0 Å². The van der Waals surface area contributed by atoms with Crippen molar-refractivity contribution in [3.8, 4) is 6.07 Å². The number of carbonyl (C=O) groups excluding carboxylic acids is 1. The summed E-state index contributed by atoms with van der Waals surface area (Å²) in [6, 6.07) is 6.50. The smallest absolute Gasteiger partial charge is 0.319 e. The predicted octanol–water partition coefficient (Wildman–Crippen LogP) is 2.84. The fourth-order valence-corrected chi connectivity index (χ4v) is 1.65. The maximum Gasteiger partial charge on any atom is 0.319 e. The molecular formula is C14H20N4O. The second kappa shape index (κ2) is 7.98. The molecule has 0 bridgehead atoms. The van der Waals surface area contributed by atoms with Gasteiger partial charge in [0.05, 0.1) is 23.0 Å². The number of nitrogens with two attached hydrogens (primary N) is 1. The van der Waals surface area contributed by atoms with E-state index < -0.39 is 0 Å². The number of rotatable bonds is 6. The quantitative estimate of drug-likeness (QED) is 0.542. The van der Waals surface area contributed by atoms with E-state index in [1.54, 1.807) is 18.2 Å². The highest BCUT2D eigenvalue weighted by atomic mass is 16.2. The Hall–Kier alpha value is -2.22. The topological polar surface area (TPSA) is 90.9 Å². The minimum Gasteiger partial charge on any atom is -0.397 e. The molecule has 0 aliphatic heterocycles. The first-order valence-electron chi connectivity index (χ1n) is 6.52. The number of anilines is 2. The summed E-state index contributed by atoms with van der Waals surface area (Å²) < 4.78 is 0. The van der Waals surface area contributed by atoms with E-state index in [0.717, 1.165) is 12.8 Å². The van der Waals surface area contributed by atoms with E-state index in [2.05, 4.69) is 17.6 Å². The van der Waals surface area contributed by atoms with Crippen LogP contribution in [0.2, 0.25) is 0 Å². The number of carbonyl (C=O) groups is 1. The van der Waals surface area contributed by atoms with Crippen molar-refractivity contribution >= 4 is 17.4 Å². The molecule has 0 radical (unpaired) electrons. The molecule has 0 saturated carbocycles.